The van der Waals surface area contributed by atoms with Gasteiger partial charge in [-0.05, 0) is 31.5 Å². The Morgan fingerprint density at radius 1 is 1.50 bits per heavy atom. The molecule has 5 nitrogen and oxygen atoms in total. The molecule has 1 heterocycles. The molecule has 1 fully saturated rings. The van der Waals surface area contributed by atoms with E-state index in [1.165, 1.54) is 0 Å². The standard InChI is InChI=1S/C13H17BrN2O3S/c1-2-16(10-5-6-20(18,19)8-10)13(17)11-4-3-9(14)7-12(11)15/h3-4,7,10H,2,5-6,8,15H2,1H3. The number of nitrogen functional groups attached to an aromatic ring is 1. The average molecular weight is 361 g/mol. The molecule has 0 bridgehead atoms. The lowest BCUT2D eigenvalue weighted by Gasteiger charge is -2.27. The molecule has 1 aliphatic heterocycles. The summed E-state index contributed by atoms with van der Waals surface area (Å²) in [6, 6.07) is 4.84. The van der Waals surface area contributed by atoms with Gasteiger partial charge >= 0.3 is 0 Å². The van der Waals surface area contributed by atoms with Crippen molar-refractivity contribution in [1.82, 2.24) is 4.90 Å². The van der Waals surface area contributed by atoms with E-state index < -0.39 is 9.84 Å². The molecule has 0 saturated carbocycles. The van der Waals surface area contributed by atoms with Crippen LogP contribution >= 0.6 is 15.9 Å². The second-order valence-electron chi connectivity index (χ2n) is 4.88. The summed E-state index contributed by atoms with van der Waals surface area (Å²) in [4.78, 5) is 14.1. The number of nitrogens with two attached hydrogens (primary N) is 1. The Bertz CT molecular complexity index is 631. The zero-order valence-electron chi connectivity index (χ0n) is 11.2. The number of carbonyl (C=O) groups excluding carboxylic acids is 1. The lowest BCUT2D eigenvalue weighted by atomic mass is 10.1. The molecule has 2 N–H and O–H groups in total. The van der Waals surface area contributed by atoms with Gasteiger partial charge in [-0.3, -0.25) is 4.79 Å². The number of sulfone groups is 1. The van der Waals surface area contributed by atoms with E-state index in [0.29, 0.717) is 24.2 Å². The second-order valence-corrected chi connectivity index (χ2v) is 8.02. The molecule has 7 heteroatoms. The van der Waals surface area contributed by atoms with Crippen molar-refractivity contribution in [3.63, 3.8) is 0 Å². The molecule has 1 aliphatic rings. The highest BCUT2D eigenvalue weighted by atomic mass is 79.9. The van der Waals surface area contributed by atoms with Gasteiger partial charge in [0.15, 0.2) is 9.84 Å². The van der Waals surface area contributed by atoms with E-state index in [-0.39, 0.29) is 23.5 Å². The van der Waals surface area contributed by atoms with Crippen LogP contribution in [0.25, 0.3) is 0 Å². The Morgan fingerprint density at radius 3 is 2.70 bits per heavy atom. The first-order valence-corrected chi connectivity index (χ1v) is 9.02. The highest BCUT2D eigenvalue weighted by Crippen LogP contribution is 2.24. The zero-order valence-corrected chi connectivity index (χ0v) is 13.6. The molecular weight excluding hydrogens is 344 g/mol. The molecule has 2 rings (SSSR count). The first-order valence-electron chi connectivity index (χ1n) is 6.40. The van der Waals surface area contributed by atoms with Crippen LogP contribution in [0.4, 0.5) is 5.69 Å². The van der Waals surface area contributed by atoms with Crippen LogP contribution in [0.3, 0.4) is 0 Å². The number of halogens is 1. The Balaban J connectivity index is 2.26. The molecule has 1 saturated heterocycles. The van der Waals surface area contributed by atoms with Gasteiger partial charge in [0.2, 0.25) is 0 Å². The van der Waals surface area contributed by atoms with Crippen LogP contribution in [0.2, 0.25) is 0 Å². The third kappa shape index (κ3) is 3.15. The van der Waals surface area contributed by atoms with Crippen LogP contribution in [0.5, 0.6) is 0 Å². The molecule has 0 aliphatic carbocycles. The molecule has 1 aromatic rings. The summed E-state index contributed by atoms with van der Waals surface area (Å²) in [6.07, 6.45) is 0.498. The van der Waals surface area contributed by atoms with Gasteiger partial charge in [-0.2, -0.15) is 0 Å². The number of amides is 1. The van der Waals surface area contributed by atoms with Gasteiger partial charge in [-0.1, -0.05) is 15.9 Å². The van der Waals surface area contributed by atoms with Crippen LogP contribution in [0, 0.1) is 0 Å². The summed E-state index contributed by atoms with van der Waals surface area (Å²) in [5.41, 5.74) is 6.68. The van der Waals surface area contributed by atoms with Crippen molar-refractivity contribution >= 4 is 37.4 Å². The third-order valence-electron chi connectivity index (χ3n) is 3.49. The summed E-state index contributed by atoms with van der Waals surface area (Å²) in [5.74, 6) is -0.0140. The highest BCUT2D eigenvalue weighted by Gasteiger charge is 2.34. The van der Waals surface area contributed by atoms with Crippen molar-refractivity contribution < 1.29 is 13.2 Å². The van der Waals surface area contributed by atoms with E-state index in [1.807, 2.05) is 6.92 Å². The molecule has 1 unspecified atom stereocenters. The van der Waals surface area contributed by atoms with Gasteiger partial charge in [-0.25, -0.2) is 8.42 Å². The van der Waals surface area contributed by atoms with Crippen LogP contribution in [-0.2, 0) is 9.84 Å². The van der Waals surface area contributed by atoms with Crippen molar-refractivity contribution in [3.8, 4) is 0 Å². The number of rotatable bonds is 3. The number of anilines is 1. The number of carbonyl (C=O) groups is 1. The Hall–Kier alpha value is -1.08. The molecule has 0 spiro atoms. The van der Waals surface area contributed by atoms with Gasteiger partial charge in [0, 0.05) is 22.7 Å². The lowest BCUT2D eigenvalue weighted by molar-refractivity contribution is 0.0709. The maximum Gasteiger partial charge on any atom is 0.256 e. The van der Waals surface area contributed by atoms with E-state index in [0.717, 1.165) is 4.47 Å². The molecule has 1 aromatic carbocycles. The maximum atomic E-state index is 12.5. The number of nitrogens with zero attached hydrogens (tertiary/aromatic N) is 1. The zero-order chi connectivity index (χ0) is 14.9. The van der Waals surface area contributed by atoms with Gasteiger partial charge in [0.05, 0.1) is 17.1 Å². The fourth-order valence-electron chi connectivity index (χ4n) is 2.47. The van der Waals surface area contributed by atoms with E-state index in [2.05, 4.69) is 15.9 Å². The van der Waals surface area contributed by atoms with Crippen LogP contribution < -0.4 is 5.73 Å². The predicted octanol–water partition coefficient (Wildman–Crippen LogP) is 1.68. The molecular formula is C13H17BrN2O3S. The minimum atomic E-state index is -3.02. The van der Waals surface area contributed by atoms with Gasteiger partial charge < -0.3 is 10.6 Å². The Morgan fingerprint density at radius 2 is 2.20 bits per heavy atom. The third-order valence-corrected chi connectivity index (χ3v) is 5.74. The topological polar surface area (TPSA) is 80.5 Å². The first kappa shape index (κ1) is 15.3. The SMILES string of the molecule is CCN(C(=O)c1ccc(Br)cc1N)C1CCS(=O)(=O)C1. The first-order chi connectivity index (χ1) is 9.34. The molecule has 1 amide bonds. The summed E-state index contributed by atoms with van der Waals surface area (Å²) in [5, 5.41) is 0. The van der Waals surface area contributed by atoms with Gasteiger partial charge in [0.1, 0.15) is 0 Å². The van der Waals surface area contributed by atoms with E-state index in [1.54, 1.807) is 23.1 Å². The molecule has 20 heavy (non-hydrogen) atoms. The predicted molar refractivity (Wildman–Crippen MR) is 82.3 cm³/mol. The van der Waals surface area contributed by atoms with Gasteiger partial charge in [0.25, 0.3) is 5.91 Å². The fourth-order valence-corrected chi connectivity index (χ4v) is 4.58. The van der Waals surface area contributed by atoms with E-state index in [4.69, 9.17) is 5.73 Å². The highest BCUT2D eigenvalue weighted by molar-refractivity contribution is 9.10. The Labute approximate surface area is 127 Å². The van der Waals surface area contributed by atoms with Crippen molar-refractivity contribution in [2.45, 2.75) is 19.4 Å². The molecule has 0 aromatic heterocycles. The summed E-state index contributed by atoms with van der Waals surface area (Å²) in [6.45, 7) is 2.31. The van der Waals surface area contributed by atoms with Crippen molar-refractivity contribution in [3.05, 3.63) is 28.2 Å². The van der Waals surface area contributed by atoms with Crippen LogP contribution in [0.15, 0.2) is 22.7 Å². The second kappa shape index (κ2) is 5.73. The summed E-state index contributed by atoms with van der Waals surface area (Å²) >= 11 is 3.30. The summed E-state index contributed by atoms with van der Waals surface area (Å²) in [7, 11) is -3.02. The van der Waals surface area contributed by atoms with Crippen molar-refractivity contribution in [2.75, 3.05) is 23.8 Å². The number of benzene rings is 1. The average Bonchev–Trinajstić information content (AvgIpc) is 2.70. The van der Waals surface area contributed by atoms with Crippen LogP contribution in [-0.4, -0.2) is 43.3 Å². The fraction of sp³-hybridized carbons (Fsp3) is 0.462. The smallest absolute Gasteiger partial charge is 0.256 e. The number of hydrogen-bond acceptors (Lipinski definition) is 4. The minimum Gasteiger partial charge on any atom is -0.398 e. The quantitative estimate of drug-likeness (QED) is 0.831. The molecule has 110 valence electrons. The largest absolute Gasteiger partial charge is 0.398 e. The Kier molecular flexibility index (Phi) is 4.39. The summed E-state index contributed by atoms with van der Waals surface area (Å²) < 4.78 is 23.9. The van der Waals surface area contributed by atoms with E-state index >= 15 is 0 Å². The minimum absolute atomic E-state index is 0.0447. The molecule has 1 atom stereocenters. The van der Waals surface area contributed by atoms with E-state index in [9.17, 15) is 13.2 Å². The van der Waals surface area contributed by atoms with Crippen molar-refractivity contribution in [1.29, 1.82) is 0 Å². The normalized spacial score (nSPS) is 20.8. The molecule has 0 radical (unpaired) electrons. The maximum absolute atomic E-state index is 12.5. The van der Waals surface area contributed by atoms with Crippen molar-refractivity contribution in [2.24, 2.45) is 0 Å². The monoisotopic (exact) mass is 360 g/mol. The number of hydrogen-bond donors (Lipinski definition) is 1. The lowest BCUT2D eigenvalue weighted by Crippen LogP contribution is -2.41. The van der Waals surface area contributed by atoms with Gasteiger partial charge in [-0.15, -0.1) is 0 Å². The van der Waals surface area contributed by atoms with Crippen LogP contribution in [0.1, 0.15) is 23.7 Å².